The topological polar surface area (TPSA) is 67.5 Å². The zero-order chi connectivity index (χ0) is 19.6. The summed E-state index contributed by atoms with van der Waals surface area (Å²) in [4.78, 5) is 22.1. The Morgan fingerprint density at radius 2 is 1.81 bits per heavy atom. The quantitative estimate of drug-likeness (QED) is 0.719. The van der Waals surface area contributed by atoms with Gasteiger partial charge in [-0.2, -0.15) is 0 Å². The van der Waals surface area contributed by atoms with E-state index in [1.54, 1.807) is 26.4 Å². The number of benzene rings is 2. The van der Waals surface area contributed by atoms with Gasteiger partial charge in [0.25, 0.3) is 5.56 Å². The molecule has 0 amide bonds. The van der Waals surface area contributed by atoms with Crippen LogP contribution in [0.15, 0.2) is 41.2 Å². The van der Waals surface area contributed by atoms with Crippen LogP contribution in [0.3, 0.4) is 0 Å². The molecule has 1 heterocycles. The summed E-state index contributed by atoms with van der Waals surface area (Å²) >= 11 is 0. The number of aromatic nitrogens is 2. The summed E-state index contributed by atoms with van der Waals surface area (Å²) < 4.78 is 10.6. The van der Waals surface area contributed by atoms with E-state index in [9.17, 15) is 4.79 Å². The normalized spacial score (nSPS) is 11.0. The lowest BCUT2D eigenvalue weighted by Gasteiger charge is -2.20. The molecule has 0 radical (unpaired) electrons. The van der Waals surface area contributed by atoms with Gasteiger partial charge in [-0.1, -0.05) is 26.0 Å². The Bertz CT molecular complexity index is 1010. The Kier molecular flexibility index (Phi) is 5.35. The molecule has 2 aromatic carbocycles. The molecule has 0 spiro atoms. The molecular weight excluding hydrogens is 342 g/mol. The molecule has 0 aliphatic rings. The smallest absolute Gasteiger partial charge is 0.258 e. The molecule has 0 saturated heterocycles. The van der Waals surface area contributed by atoms with E-state index in [4.69, 9.17) is 9.47 Å². The fourth-order valence-corrected chi connectivity index (χ4v) is 3.03. The molecule has 6 heteroatoms. The highest BCUT2D eigenvalue weighted by Crippen LogP contribution is 2.30. The summed E-state index contributed by atoms with van der Waals surface area (Å²) in [5, 5.41) is 0.473. The minimum Gasteiger partial charge on any atom is -0.493 e. The monoisotopic (exact) mass is 367 g/mol. The predicted octanol–water partition coefficient (Wildman–Crippen LogP) is 3.70. The first-order valence-electron chi connectivity index (χ1n) is 8.89. The summed E-state index contributed by atoms with van der Waals surface area (Å²) in [7, 11) is 5.09. The highest BCUT2D eigenvalue weighted by atomic mass is 16.5. The van der Waals surface area contributed by atoms with Crippen LogP contribution in [0.4, 0.5) is 5.69 Å². The van der Waals surface area contributed by atoms with Crippen molar-refractivity contribution in [1.29, 1.82) is 0 Å². The third-order valence-electron chi connectivity index (χ3n) is 4.62. The van der Waals surface area contributed by atoms with Crippen LogP contribution < -0.4 is 19.9 Å². The molecule has 0 bridgehead atoms. The number of nitrogens with one attached hydrogen (secondary N) is 1. The maximum Gasteiger partial charge on any atom is 0.258 e. The van der Waals surface area contributed by atoms with Gasteiger partial charge >= 0.3 is 0 Å². The van der Waals surface area contributed by atoms with Crippen LogP contribution in [-0.2, 0) is 6.54 Å². The molecule has 0 aliphatic heterocycles. The Hall–Kier alpha value is -3.02. The van der Waals surface area contributed by atoms with Crippen LogP contribution in [0.5, 0.6) is 11.5 Å². The van der Waals surface area contributed by atoms with Gasteiger partial charge in [0.2, 0.25) is 0 Å². The fourth-order valence-electron chi connectivity index (χ4n) is 3.03. The fraction of sp³-hybridized carbons (Fsp3) is 0.333. The van der Waals surface area contributed by atoms with E-state index in [1.165, 1.54) is 5.56 Å². The second-order valence-electron chi connectivity index (χ2n) is 6.84. The molecule has 0 fully saturated rings. The van der Waals surface area contributed by atoms with Gasteiger partial charge in [0.1, 0.15) is 5.82 Å². The summed E-state index contributed by atoms with van der Waals surface area (Å²) in [5.74, 6) is 2.11. The number of ether oxygens (including phenoxy) is 2. The van der Waals surface area contributed by atoms with Crippen LogP contribution in [-0.4, -0.2) is 31.2 Å². The molecule has 27 heavy (non-hydrogen) atoms. The minimum absolute atomic E-state index is 0.194. The minimum atomic E-state index is -0.194. The molecule has 0 unspecified atom stereocenters. The lowest BCUT2D eigenvalue weighted by atomic mass is 10.0. The van der Waals surface area contributed by atoms with Crippen molar-refractivity contribution in [3.8, 4) is 11.5 Å². The molecule has 6 nitrogen and oxygen atoms in total. The molecule has 142 valence electrons. The lowest BCUT2D eigenvalue weighted by molar-refractivity contribution is 0.355. The molecule has 3 aromatic rings. The van der Waals surface area contributed by atoms with Crippen molar-refractivity contribution in [1.82, 2.24) is 9.97 Å². The van der Waals surface area contributed by atoms with Crippen LogP contribution in [0.2, 0.25) is 0 Å². The second kappa shape index (κ2) is 7.70. The predicted molar refractivity (Wildman–Crippen MR) is 108 cm³/mol. The molecule has 0 aliphatic carbocycles. The van der Waals surface area contributed by atoms with E-state index in [1.807, 2.05) is 7.05 Å². The van der Waals surface area contributed by atoms with Gasteiger partial charge < -0.3 is 19.4 Å². The first kappa shape index (κ1) is 18.8. The summed E-state index contributed by atoms with van der Waals surface area (Å²) in [6.45, 7) is 4.83. The van der Waals surface area contributed by atoms with Crippen LogP contribution >= 0.6 is 0 Å². The maximum atomic E-state index is 12.5. The number of nitrogens with zero attached hydrogens (tertiary/aromatic N) is 2. The standard InChI is InChI=1S/C21H25N3O3/c1-13(2)14-7-6-8-15(9-14)24(3)12-20-22-17-11-19(27-5)18(26-4)10-16(17)21(25)23-20/h6-11,13H,12H2,1-5H3,(H,22,23,25). The summed E-state index contributed by atoms with van der Waals surface area (Å²) in [5.41, 5.74) is 2.74. The highest BCUT2D eigenvalue weighted by molar-refractivity contribution is 5.81. The van der Waals surface area contributed by atoms with Crippen molar-refractivity contribution in [2.24, 2.45) is 0 Å². The van der Waals surface area contributed by atoms with Gasteiger partial charge in [-0.3, -0.25) is 4.79 Å². The summed E-state index contributed by atoms with van der Waals surface area (Å²) in [6, 6.07) is 11.8. The number of fused-ring (bicyclic) bond motifs is 1. The van der Waals surface area contributed by atoms with E-state index in [0.717, 1.165) is 5.69 Å². The number of H-pyrrole nitrogens is 1. The molecular formula is C21H25N3O3. The van der Waals surface area contributed by atoms with Crippen molar-refractivity contribution in [2.75, 3.05) is 26.2 Å². The van der Waals surface area contributed by atoms with Gasteiger partial charge in [0.15, 0.2) is 11.5 Å². The number of anilines is 1. The molecule has 3 rings (SSSR count). The van der Waals surface area contributed by atoms with Crippen LogP contribution in [0.1, 0.15) is 31.2 Å². The van der Waals surface area contributed by atoms with Crippen LogP contribution in [0.25, 0.3) is 10.9 Å². The van der Waals surface area contributed by atoms with Gasteiger partial charge in [-0.25, -0.2) is 4.98 Å². The zero-order valence-corrected chi connectivity index (χ0v) is 16.4. The number of hydrogen-bond donors (Lipinski definition) is 1. The molecule has 1 aromatic heterocycles. The number of aromatic amines is 1. The highest BCUT2D eigenvalue weighted by Gasteiger charge is 2.12. The zero-order valence-electron chi connectivity index (χ0n) is 16.4. The third kappa shape index (κ3) is 3.89. The van der Waals surface area contributed by atoms with E-state index in [0.29, 0.717) is 40.7 Å². The average Bonchev–Trinajstić information content (AvgIpc) is 2.67. The van der Waals surface area contributed by atoms with E-state index >= 15 is 0 Å². The summed E-state index contributed by atoms with van der Waals surface area (Å²) in [6.07, 6.45) is 0. The number of hydrogen-bond acceptors (Lipinski definition) is 5. The van der Waals surface area contributed by atoms with Gasteiger partial charge in [0, 0.05) is 18.8 Å². The van der Waals surface area contributed by atoms with Crippen molar-refractivity contribution in [2.45, 2.75) is 26.3 Å². The first-order chi connectivity index (χ1) is 12.9. The maximum absolute atomic E-state index is 12.5. The Labute approximate surface area is 158 Å². The molecule has 1 N–H and O–H groups in total. The van der Waals surface area contributed by atoms with Crippen molar-refractivity contribution in [3.63, 3.8) is 0 Å². The van der Waals surface area contributed by atoms with Gasteiger partial charge in [0.05, 0.1) is 31.7 Å². The van der Waals surface area contributed by atoms with Crippen LogP contribution in [0, 0.1) is 0 Å². The van der Waals surface area contributed by atoms with E-state index in [-0.39, 0.29) is 5.56 Å². The largest absolute Gasteiger partial charge is 0.493 e. The van der Waals surface area contributed by atoms with Gasteiger partial charge in [-0.05, 0) is 29.7 Å². The number of rotatable bonds is 6. The SMILES string of the molecule is COc1cc2nc(CN(C)c3cccc(C(C)C)c3)[nH]c(=O)c2cc1OC. The molecule has 0 atom stereocenters. The third-order valence-corrected chi connectivity index (χ3v) is 4.62. The second-order valence-corrected chi connectivity index (χ2v) is 6.84. The van der Waals surface area contributed by atoms with E-state index < -0.39 is 0 Å². The Morgan fingerprint density at radius 1 is 1.11 bits per heavy atom. The van der Waals surface area contributed by atoms with E-state index in [2.05, 4.69) is 53.0 Å². The lowest BCUT2D eigenvalue weighted by Crippen LogP contribution is -2.21. The molecule has 0 saturated carbocycles. The number of methoxy groups -OCH3 is 2. The van der Waals surface area contributed by atoms with Gasteiger partial charge in [-0.15, -0.1) is 0 Å². The Balaban J connectivity index is 1.95. The van der Waals surface area contributed by atoms with Crippen molar-refractivity contribution in [3.05, 3.63) is 58.1 Å². The average molecular weight is 367 g/mol. The van der Waals surface area contributed by atoms with Crippen molar-refractivity contribution >= 4 is 16.6 Å². The Morgan fingerprint density at radius 3 is 2.48 bits per heavy atom. The van der Waals surface area contributed by atoms with Crippen molar-refractivity contribution < 1.29 is 9.47 Å². The first-order valence-corrected chi connectivity index (χ1v) is 8.89.